The van der Waals surface area contributed by atoms with Crippen molar-refractivity contribution in [3.63, 3.8) is 0 Å². The first-order chi connectivity index (χ1) is 13.6. The number of tetrazole rings is 1. The summed E-state index contributed by atoms with van der Waals surface area (Å²) in [5.41, 5.74) is 1.94. The molecule has 0 spiro atoms. The smallest absolute Gasteiger partial charge is 0.240 e. The van der Waals surface area contributed by atoms with Gasteiger partial charge in [0.15, 0.2) is 0 Å². The largest absolute Gasteiger partial charge is 0.310 e. The SMILES string of the molecule is Cc1ccc(N(CCC#N)C(=O)C(C)Sc2nnnn2C2CCCCC2)cc1. The number of amides is 1. The van der Waals surface area contributed by atoms with E-state index >= 15 is 0 Å². The summed E-state index contributed by atoms with van der Waals surface area (Å²) >= 11 is 1.39. The average Bonchev–Trinajstić information content (AvgIpc) is 3.18. The number of carbonyl (C=O) groups is 1. The molecular weight excluding hydrogens is 372 g/mol. The topological polar surface area (TPSA) is 87.7 Å². The third-order valence-corrected chi connectivity index (χ3v) is 6.11. The molecule has 0 bridgehead atoms. The molecule has 3 rings (SSSR count). The zero-order valence-corrected chi connectivity index (χ0v) is 17.2. The first kappa shape index (κ1) is 20.3. The molecule has 148 valence electrons. The highest BCUT2D eigenvalue weighted by atomic mass is 32.2. The fourth-order valence-electron chi connectivity index (χ4n) is 3.50. The average molecular weight is 399 g/mol. The van der Waals surface area contributed by atoms with Crippen LogP contribution in [-0.4, -0.2) is 37.9 Å². The van der Waals surface area contributed by atoms with Crippen molar-refractivity contribution in [1.82, 2.24) is 20.2 Å². The van der Waals surface area contributed by atoms with Gasteiger partial charge in [-0.1, -0.05) is 48.7 Å². The van der Waals surface area contributed by atoms with Crippen LogP contribution in [0.5, 0.6) is 0 Å². The Bertz CT molecular complexity index is 822. The first-order valence-electron chi connectivity index (χ1n) is 9.79. The third kappa shape index (κ3) is 4.90. The van der Waals surface area contributed by atoms with Crippen LogP contribution >= 0.6 is 11.8 Å². The molecule has 1 amide bonds. The highest BCUT2D eigenvalue weighted by Crippen LogP contribution is 2.32. The number of nitrogens with zero attached hydrogens (tertiary/aromatic N) is 6. The van der Waals surface area contributed by atoms with Crippen molar-refractivity contribution in [2.75, 3.05) is 11.4 Å². The standard InChI is InChI=1S/C20H26N6OS/c1-15-9-11-17(12-10-15)25(14-6-13-21)19(27)16(2)28-20-22-23-24-26(20)18-7-4-3-5-8-18/h9-12,16,18H,3-8,14H2,1-2H3. The van der Waals surface area contributed by atoms with E-state index < -0.39 is 0 Å². The molecule has 0 aliphatic heterocycles. The molecule has 1 aromatic heterocycles. The van der Waals surface area contributed by atoms with Gasteiger partial charge in [0, 0.05) is 12.2 Å². The lowest BCUT2D eigenvalue weighted by molar-refractivity contribution is -0.117. The van der Waals surface area contributed by atoms with Crippen molar-refractivity contribution in [1.29, 1.82) is 5.26 Å². The quantitative estimate of drug-likeness (QED) is 0.657. The summed E-state index contributed by atoms with van der Waals surface area (Å²) in [5.74, 6) is -0.0395. The summed E-state index contributed by atoms with van der Waals surface area (Å²) in [6.07, 6.45) is 6.10. The minimum Gasteiger partial charge on any atom is -0.310 e. The molecule has 28 heavy (non-hydrogen) atoms. The minimum atomic E-state index is -0.353. The first-order valence-corrected chi connectivity index (χ1v) is 10.7. The van der Waals surface area contributed by atoms with Gasteiger partial charge in [-0.3, -0.25) is 4.79 Å². The van der Waals surface area contributed by atoms with Crippen LogP contribution in [0.1, 0.15) is 57.1 Å². The zero-order valence-electron chi connectivity index (χ0n) is 16.4. The van der Waals surface area contributed by atoms with Crippen molar-refractivity contribution in [2.45, 2.75) is 68.8 Å². The van der Waals surface area contributed by atoms with Crippen molar-refractivity contribution in [2.24, 2.45) is 0 Å². The number of hydrogen-bond acceptors (Lipinski definition) is 6. The van der Waals surface area contributed by atoms with Crippen molar-refractivity contribution >= 4 is 23.4 Å². The Balaban J connectivity index is 1.74. The number of carbonyl (C=O) groups excluding carboxylic acids is 1. The summed E-state index contributed by atoms with van der Waals surface area (Å²) in [6.45, 7) is 4.26. The van der Waals surface area contributed by atoms with E-state index in [2.05, 4.69) is 21.6 Å². The van der Waals surface area contributed by atoms with E-state index in [9.17, 15) is 4.79 Å². The Morgan fingerprint density at radius 3 is 2.71 bits per heavy atom. The number of rotatable bonds is 7. The van der Waals surface area contributed by atoms with Crippen molar-refractivity contribution < 1.29 is 4.79 Å². The highest BCUT2D eigenvalue weighted by Gasteiger charge is 2.27. The van der Waals surface area contributed by atoms with Gasteiger partial charge < -0.3 is 4.90 Å². The molecule has 1 atom stereocenters. The van der Waals surface area contributed by atoms with Crippen molar-refractivity contribution in [3.05, 3.63) is 29.8 Å². The molecule has 0 saturated heterocycles. The van der Waals surface area contributed by atoms with Crippen molar-refractivity contribution in [3.8, 4) is 6.07 Å². The Morgan fingerprint density at radius 2 is 2.04 bits per heavy atom. The molecule has 2 aromatic rings. The Kier molecular flexibility index (Phi) is 7.04. The maximum atomic E-state index is 13.2. The van der Waals surface area contributed by atoms with Crippen LogP contribution in [0.3, 0.4) is 0 Å². The summed E-state index contributed by atoms with van der Waals surface area (Å²) in [4.78, 5) is 14.9. The van der Waals surface area contributed by atoms with E-state index in [-0.39, 0.29) is 17.6 Å². The molecule has 0 N–H and O–H groups in total. The second-order valence-electron chi connectivity index (χ2n) is 7.19. The predicted octanol–water partition coefficient (Wildman–Crippen LogP) is 3.91. The van der Waals surface area contributed by atoms with E-state index in [1.165, 1.54) is 31.0 Å². The second-order valence-corrected chi connectivity index (χ2v) is 8.50. The van der Waals surface area contributed by atoms with Gasteiger partial charge in [-0.25, -0.2) is 4.68 Å². The monoisotopic (exact) mass is 398 g/mol. The lowest BCUT2D eigenvalue weighted by Gasteiger charge is -2.26. The summed E-state index contributed by atoms with van der Waals surface area (Å²) in [6, 6.07) is 10.3. The molecule has 1 aliphatic carbocycles. The predicted molar refractivity (Wildman–Crippen MR) is 109 cm³/mol. The maximum absolute atomic E-state index is 13.2. The highest BCUT2D eigenvalue weighted by molar-refractivity contribution is 8.00. The Morgan fingerprint density at radius 1 is 1.32 bits per heavy atom. The number of thioether (sulfide) groups is 1. The van der Waals surface area contributed by atoms with Gasteiger partial charge >= 0.3 is 0 Å². The number of anilines is 1. The molecule has 1 heterocycles. The van der Waals surface area contributed by atoms with Gasteiger partial charge in [0.05, 0.1) is 23.8 Å². The van der Waals surface area contributed by atoms with Gasteiger partial charge in [-0.2, -0.15) is 5.26 Å². The van der Waals surface area contributed by atoms with Crippen LogP contribution in [0.2, 0.25) is 0 Å². The lowest BCUT2D eigenvalue weighted by atomic mass is 9.96. The number of aromatic nitrogens is 4. The molecule has 1 fully saturated rings. The van der Waals surface area contributed by atoms with E-state index in [0.29, 0.717) is 17.7 Å². The van der Waals surface area contributed by atoms with E-state index in [4.69, 9.17) is 5.26 Å². The third-order valence-electron chi connectivity index (χ3n) is 5.07. The van der Waals surface area contributed by atoms with E-state index in [1.807, 2.05) is 42.8 Å². The van der Waals surface area contributed by atoms with Gasteiger partial charge in [0.25, 0.3) is 0 Å². The maximum Gasteiger partial charge on any atom is 0.240 e. The van der Waals surface area contributed by atoms with E-state index in [1.54, 1.807) is 4.90 Å². The second kappa shape index (κ2) is 9.69. The molecule has 0 radical (unpaired) electrons. The van der Waals surface area contributed by atoms with Crippen LogP contribution in [0, 0.1) is 18.3 Å². The molecular formula is C20H26N6OS. The minimum absolute atomic E-state index is 0.0395. The molecule has 1 unspecified atom stereocenters. The van der Waals surface area contributed by atoms with Gasteiger partial charge in [-0.05, 0) is 49.2 Å². The normalized spacial score (nSPS) is 15.8. The Hall–Kier alpha value is -2.40. The number of aryl methyl sites for hydroxylation is 1. The molecule has 8 heteroatoms. The molecule has 1 saturated carbocycles. The number of nitriles is 1. The van der Waals surface area contributed by atoms with Gasteiger partial charge in [-0.15, -0.1) is 5.10 Å². The molecule has 1 aliphatic rings. The van der Waals surface area contributed by atoms with Crippen LogP contribution in [0.15, 0.2) is 29.4 Å². The van der Waals surface area contributed by atoms with Gasteiger partial charge in [0.2, 0.25) is 11.1 Å². The molecule has 1 aromatic carbocycles. The summed E-state index contributed by atoms with van der Waals surface area (Å²) < 4.78 is 1.89. The van der Waals surface area contributed by atoms with E-state index in [0.717, 1.165) is 24.1 Å². The van der Waals surface area contributed by atoms with Crippen LogP contribution < -0.4 is 4.90 Å². The zero-order chi connectivity index (χ0) is 19.9. The number of benzene rings is 1. The number of hydrogen-bond donors (Lipinski definition) is 0. The summed E-state index contributed by atoms with van der Waals surface area (Å²) in [5, 5.41) is 21.5. The van der Waals surface area contributed by atoms with Crippen LogP contribution in [0.4, 0.5) is 5.69 Å². The fourth-order valence-corrected chi connectivity index (χ4v) is 4.42. The van der Waals surface area contributed by atoms with Crippen LogP contribution in [-0.2, 0) is 4.79 Å². The lowest BCUT2D eigenvalue weighted by Crippen LogP contribution is -2.37. The molecule has 7 nitrogen and oxygen atoms in total. The van der Waals surface area contributed by atoms with Crippen LogP contribution in [0.25, 0.3) is 0 Å². The van der Waals surface area contributed by atoms with Gasteiger partial charge in [0.1, 0.15) is 0 Å². The summed E-state index contributed by atoms with van der Waals surface area (Å²) in [7, 11) is 0. The Labute approximate surface area is 170 Å². The fraction of sp³-hybridized carbons (Fsp3) is 0.550.